The number of benzene rings is 1. The van der Waals surface area contributed by atoms with Gasteiger partial charge in [0.2, 0.25) is 0 Å². The van der Waals surface area contributed by atoms with E-state index in [1.165, 1.54) is 26.0 Å². The van der Waals surface area contributed by atoms with Gasteiger partial charge in [-0.05, 0) is 48.5 Å². The minimum absolute atomic E-state index is 0.306. The molecule has 1 aromatic heterocycles. The zero-order chi connectivity index (χ0) is 13.1. The molecule has 0 aliphatic carbocycles. The van der Waals surface area contributed by atoms with Gasteiger partial charge in [0.25, 0.3) is 0 Å². The minimum Gasteiger partial charge on any atom is -0.306 e. The van der Waals surface area contributed by atoms with Crippen molar-refractivity contribution < 1.29 is 0 Å². The predicted molar refractivity (Wildman–Crippen MR) is 83.5 cm³/mol. The van der Waals surface area contributed by atoms with Gasteiger partial charge in [-0.3, -0.25) is 0 Å². The monoisotopic (exact) mass is 323 g/mol. The first kappa shape index (κ1) is 13.8. The summed E-state index contributed by atoms with van der Waals surface area (Å²) in [6, 6.07) is 9.16. The predicted octanol–water partition coefficient (Wildman–Crippen LogP) is 4.83. The van der Waals surface area contributed by atoms with Crippen LogP contribution in [-0.4, -0.2) is 6.54 Å². The fourth-order valence-corrected chi connectivity index (χ4v) is 3.24. The van der Waals surface area contributed by atoms with Crippen molar-refractivity contribution in [2.45, 2.75) is 26.8 Å². The third-order valence-electron chi connectivity index (χ3n) is 3.03. The summed E-state index contributed by atoms with van der Waals surface area (Å²) in [6.07, 6.45) is 0. The van der Waals surface area contributed by atoms with E-state index < -0.39 is 0 Å². The Balaban J connectivity index is 2.43. The molecule has 18 heavy (non-hydrogen) atoms. The van der Waals surface area contributed by atoms with Crippen molar-refractivity contribution in [1.29, 1.82) is 0 Å². The van der Waals surface area contributed by atoms with Gasteiger partial charge in [-0.2, -0.15) is 0 Å². The van der Waals surface area contributed by atoms with Crippen molar-refractivity contribution in [3.8, 4) is 0 Å². The van der Waals surface area contributed by atoms with Gasteiger partial charge in [0.15, 0.2) is 0 Å². The molecule has 0 amide bonds. The molecule has 1 N–H and O–H groups in total. The molecule has 0 aliphatic rings. The highest BCUT2D eigenvalue weighted by Crippen LogP contribution is 2.30. The Morgan fingerprint density at radius 2 is 1.94 bits per heavy atom. The van der Waals surface area contributed by atoms with Crippen LogP contribution in [0.5, 0.6) is 0 Å². The van der Waals surface area contributed by atoms with E-state index in [-0.39, 0.29) is 0 Å². The third-order valence-corrected chi connectivity index (χ3v) is 5.22. The Labute approximate surface area is 121 Å². The SMILES string of the molecule is CCNC(c1cc(C)c(Br)c(C)c1)c1cccs1. The van der Waals surface area contributed by atoms with Crippen molar-refractivity contribution in [2.75, 3.05) is 6.54 Å². The molecule has 0 aliphatic heterocycles. The highest BCUT2D eigenvalue weighted by molar-refractivity contribution is 9.10. The van der Waals surface area contributed by atoms with E-state index >= 15 is 0 Å². The summed E-state index contributed by atoms with van der Waals surface area (Å²) >= 11 is 5.44. The Morgan fingerprint density at radius 1 is 1.28 bits per heavy atom. The Morgan fingerprint density at radius 3 is 2.44 bits per heavy atom. The van der Waals surface area contributed by atoms with E-state index in [4.69, 9.17) is 0 Å². The lowest BCUT2D eigenvalue weighted by molar-refractivity contribution is 0.639. The average Bonchev–Trinajstić information content (AvgIpc) is 2.86. The topological polar surface area (TPSA) is 12.0 Å². The molecular formula is C15H18BrNS. The lowest BCUT2D eigenvalue weighted by Gasteiger charge is -2.19. The van der Waals surface area contributed by atoms with Crippen molar-refractivity contribution in [3.05, 3.63) is 55.7 Å². The summed E-state index contributed by atoms with van der Waals surface area (Å²) in [5.41, 5.74) is 3.94. The molecule has 1 aromatic carbocycles. The summed E-state index contributed by atoms with van der Waals surface area (Å²) in [7, 11) is 0. The molecular weight excluding hydrogens is 306 g/mol. The van der Waals surface area contributed by atoms with Crippen LogP contribution in [0.4, 0.5) is 0 Å². The first-order chi connectivity index (χ1) is 8.63. The van der Waals surface area contributed by atoms with Crippen LogP contribution in [-0.2, 0) is 0 Å². The highest BCUT2D eigenvalue weighted by Gasteiger charge is 2.15. The van der Waals surface area contributed by atoms with Gasteiger partial charge in [-0.25, -0.2) is 0 Å². The molecule has 1 nitrogen and oxygen atoms in total. The molecule has 0 saturated heterocycles. The van der Waals surface area contributed by atoms with Gasteiger partial charge in [-0.15, -0.1) is 11.3 Å². The number of aryl methyl sites for hydroxylation is 2. The summed E-state index contributed by atoms with van der Waals surface area (Å²) in [4.78, 5) is 1.37. The van der Waals surface area contributed by atoms with E-state index in [9.17, 15) is 0 Å². The standard InChI is InChI=1S/C15H18BrNS/c1-4-17-15(13-6-5-7-18-13)12-8-10(2)14(16)11(3)9-12/h5-9,15,17H,4H2,1-3H3. The maximum absolute atomic E-state index is 3.63. The van der Waals surface area contributed by atoms with Crippen LogP contribution in [0.3, 0.4) is 0 Å². The number of nitrogens with one attached hydrogen (secondary N) is 1. The van der Waals surface area contributed by atoms with E-state index in [0.29, 0.717) is 6.04 Å². The van der Waals surface area contributed by atoms with Gasteiger partial charge in [-0.1, -0.05) is 41.1 Å². The molecule has 0 bridgehead atoms. The van der Waals surface area contributed by atoms with Crippen LogP contribution in [0.25, 0.3) is 0 Å². The number of thiophene rings is 1. The molecule has 1 heterocycles. The molecule has 0 radical (unpaired) electrons. The molecule has 1 atom stereocenters. The fraction of sp³-hybridized carbons (Fsp3) is 0.333. The fourth-order valence-electron chi connectivity index (χ4n) is 2.19. The van der Waals surface area contributed by atoms with E-state index in [2.05, 4.69) is 71.7 Å². The van der Waals surface area contributed by atoms with Gasteiger partial charge in [0.05, 0.1) is 6.04 Å². The van der Waals surface area contributed by atoms with E-state index in [1.54, 1.807) is 0 Å². The molecule has 0 fully saturated rings. The Kier molecular flexibility index (Phi) is 4.60. The van der Waals surface area contributed by atoms with E-state index in [1.807, 2.05) is 11.3 Å². The average molecular weight is 324 g/mol. The molecule has 0 spiro atoms. The third kappa shape index (κ3) is 2.85. The smallest absolute Gasteiger partial charge is 0.0671 e. The lowest BCUT2D eigenvalue weighted by atomic mass is 10.00. The van der Waals surface area contributed by atoms with Gasteiger partial charge in [0.1, 0.15) is 0 Å². The lowest BCUT2D eigenvalue weighted by Crippen LogP contribution is -2.21. The normalized spacial score (nSPS) is 12.7. The second-order valence-corrected chi connectivity index (χ2v) is 6.25. The maximum atomic E-state index is 3.63. The minimum atomic E-state index is 0.306. The van der Waals surface area contributed by atoms with Crippen LogP contribution < -0.4 is 5.32 Å². The number of hydrogen-bond donors (Lipinski definition) is 1. The van der Waals surface area contributed by atoms with Crippen molar-refractivity contribution in [2.24, 2.45) is 0 Å². The molecule has 2 rings (SSSR count). The van der Waals surface area contributed by atoms with E-state index in [0.717, 1.165) is 6.54 Å². The summed E-state index contributed by atoms with van der Waals surface area (Å²) in [6.45, 7) is 7.42. The second kappa shape index (κ2) is 6.00. The van der Waals surface area contributed by atoms with Crippen LogP contribution in [0.15, 0.2) is 34.1 Å². The number of hydrogen-bond acceptors (Lipinski definition) is 2. The molecule has 96 valence electrons. The molecule has 1 unspecified atom stereocenters. The first-order valence-corrected chi connectivity index (χ1v) is 7.84. The largest absolute Gasteiger partial charge is 0.306 e. The zero-order valence-corrected chi connectivity index (χ0v) is 13.4. The Hall–Kier alpha value is -0.640. The molecule has 3 heteroatoms. The molecule has 2 aromatic rings. The van der Waals surface area contributed by atoms with Gasteiger partial charge in [0, 0.05) is 9.35 Å². The van der Waals surface area contributed by atoms with Crippen LogP contribution in [0, 0.1) is 13.8 Å². The number of rotatable bonds is 4. The van der Waals surface area contributed by atoms with Gasteiger partial charge >= 0.3 is 0 Å². The highest BCUT2D eigenvalue weighted by atomic mass is 79.9. The molecule has 0 saturated carbocycles. The summed E-state index contributed by atoms with van der Waals surface area (Å²) in [5, 5.41) is 5.71. The Bertz CT molecular complexity index is 496. The van der Waals surface area contributed by atoms with Crippen molar-refractivity contribution in [3.63, 3.8) is 0 Å². The second-order valence-electron chi connectivity index (χ2n) is 4.47. The maximum Gasteiger partial charge on any atom is 0.0671 e. The van der Waals surface area contributed by atoms with Gasteiger partial charge < -0.3 is 5.32 Å². The first-order valence-electron chi connectivity index (χ1n) is 6.17. The van der Waals surface area contributed by atoms with Crippen LogP contribution >= 0.6 is 27.3 Å². The van der Waals surface area contributed by atoms with Crippen LogP contribution in [0.1, 0.15) is 34.5 Å². The zero-order valence-electron chi connectivity index (χ0n) is 11.0. The van der Waals surface area contributed by atoms with Crippen molar-refractivity contribution in [1.82, 2.24) is 5.32 Å². The van der Waals surface area contributed by atoms with Crippen LogP contribution in [0.2, 0.25) is 0 Å². The quantitative estimate of drug-likeness (QED) is 0.850. The number of halogens is 1. The summed E-state index contributed by atoms with van der Waals surface area (Å²) in [5.74, 6) is 0. The van der Waals surface area contributed by atoms with Crippen molar-refractivity contribution >= 4 is 27.3 Å². The summed E-state index contributed by atoms with van der Waals surface area (Å²) < 4.78 is 1.22.